The molecule has 0 bridgehead atoms. The topological polar surface area (TPSA) is 32.9 Å². The van der Waals surface area contributed by atoms with Crippen LogP contribution in [0.2, 0.25) is 0 Å². The van der Waals surface area contributed by atoms with Crippen molar-refractivity contribution in [2.75, 3.05) is 0 Å². The molecule has 0 radical (unpaired) electrons. The minimum atomic E-state index is 0.135. The first kappa shape index (κ1) is 10.6. The number of Topliss-reactive ketones (excluding diaryl/α,β-unsaturated/α-hetero) is 1. The van der Waals surface area contributed by atoms with Crippen LogP contribution in [0.1, 0.15) is 54.6 Å². The van der Waals surface area contributed by atoms with Crippen LogP contribution in [-0.4, -0.2) is 10.8 Å². The lowest BCUT2D eigenvalue weighted by Crippen LogP contribution is -1.90. The first-order chi connectivity index (χ1) is 8.24. The van der Waals surface area contributed by atoms with E-state index in [0.717, 1.165) is 11.1 Å². The summed E-state index contributed by atoms with van der Waals surface area (Å²) in [5, 5.41) is 1.17. The smallest absolute Gasteiger partial charge is 0.159 e. The molecular weight excluding hydrogens is 210 g/mol. The van der Waals surface area contributed by atoms with E-state index in [1.807, 2.05) is 18.2 Å². The van der Waals surface area contributed by atoms with E-state index in [1.165, 1.54) is 36.8 Å². The molecule has 2 nitrogen and oxygen atoms in total. The largest absolute Gasteiger partial charge is 0.358 e. The molecule has 17 heavy (non-hydrogen) atoms. The van der Waals surface area contributed by atoms with Gasteiger partial charge in [0.25, 0.3) is 0 Å². The van der Waals surface area contributed by atoms with Crippen LogP contribution in [0.4, 0.5) is 0 Å². The number of H-pyrrole nitrogens is 1. The quantitative estimate of drug-likeness (QED) is 0.772. The molecule has 0 spiro atoms. The van der Waals surface area contributed by atoms with Gasteiger partial charge < -0.3 is 4.98 Å². The molecule has 0 saturated heterocycles. The number of rotatable bonds is 2. The molecule has 1 heterocycles. The van der Waals surface area contributed by atoms with Gasteiger partial charge in [-0.2, -0.15) is 0 Å². The van der Waals surface area contributed by atoms with E-state index in [-0.39, 0.29) is 5.78 Å². The van der Waals surface area contributed by atoms with Crippen molar-refractivity contribution in [3.05, 3.63) is 35.5 Å². The SMILES string of the molecule is CC(=O)c1ccc2[nH]c(C3CCCC3)cc2c1. The highest BCUT2D eigenvalue weighted by Crippen LogP contribution is 2.35. The molecule has 1 fully saturated rings. The maximum absolute atomic E-state index is 11.3. The normalized spacial score (nSPS) is 16.8. The summed E-state index contributed by atoms with van der Waals surface area (Å²) in [6, 6.07) is 8.13. The third-order valence-electron chi connectivity index (χ3n) is 3.84. The zero-order valence-electron chi connectivity index (χ0n) is 10.1. The molecule has 1 aromatic heterocycles. The summed E-state index contributed by atoms with van der Waals surface area (Å²) < 4.78 is 0. The summed E-state index contributed by atoms with van der Waals surface area (Å²) in [7, 11) is 0. The van der Waals surface area contributed by atoms with Crippen LogP contribution in [0.5, 0.6) is 0 Å². The van der Waals surface area contributed by atoms with Gasteiger partial charge in [0.05, 0.1) is 0 Å². The summed E-state index contributed by atoms with van der Waals surface area (Å²) in [5.41, 5.74) is 3.30. The van der Waals surface area contributed by atoms with E-state index in [2.05, 4.69) is 11.1 Å². The Morgan fingerprint density at radius 1 is 1.24 bits per heavy atom. The summed E-state index contributed by atoms with van der Waals surface area (Å²) in [5.74, 6) is 0.832. The van der Waals surface area contributed by atoms with E-state index in [9.17, 15) is 4.79 Å². The maximum atomic E-state index is 11.3. The van der Waals surface area contributed by atoms with Crippen LogP contribution < -0.4 is 0 Å². The molecule has 0 atom stereocenters. The molecule has 2 heteroatoms. The Morgan fingerprint density at radius 3 is 2.71 bits per heavy atom. The van der Waals surface area contributed by atoms with Gasteiger partial charge in [-0.1, -0.05) is 12.8 Å². The zero-order valence-corrected chi connectivity index (χ0v) is 10.1. The Kier molecular flexibility index (Phi) is 2.50. The van der Waals surface area contributed by atoms with Crippen molar-refractivity contribution in [2.24, 2.45) is 0 Å². The summed E-state index contributed by atoms with van der Waals surface area (Å²) in [4.78, 5) is 14.8. The summed E-state index contributed by atoms with van der Waals surface area (Å²) in [6.07, 6.45) is 5.29. The average Bonchev–Trinajstić information content (AvgIpc) is 2.96. The van der Waals surface area contributed by atoms with Crippen LogP contribution in [0, 0.1) is 0 Å². The molecule has 1 aliphatic rings. The van der Waals surface area contributed by atoms with E-state index in [4.69, 9.17) is 0 Å². The third-order valence-corrected chi connectivity index (χ3v) is 3.84. The molecule has 0 aliphatic heterocycles. The standard InChI is InChI=1S/C15H17NO/c1-10(17)12-6-7-14-13(8-12)9-15(16-14)11-4-2-3-5-11/h6-9,11,16H,2-5H2,1H3. The summed E-state index contributed by atoms with van der Waals surface area (Å²) in [6.45, 7) is 1.62. The van der Waals surface area contributed by atoms with Gasteiger partial charge >= 0.3 is 0 Å². The van der Waals surface area contributed by atoms with Gasteiger partial charge in [0.15, 0.2) is 5.78 Å². The lowest BCUT2D eigenvalue weighted by atomic mass is 10.0. The van der Waals surface area contributed by atoms with Crippen LogP contribution in [-0.2, 0) is 0 Å². The highest BCUT2D eigenvalue weighted by molar-refractivity contribution is 5.98. The number of ketones is 1. The number of benzene rings is 1. The maximum Gasteiger partial charge on any atom is 0.159 e. The van der Waals surface area contributed by atoms with Crippen LogP contribution >= 0.6 is 0 Å². The highest BCUT2D eigenvalue weighted by Gasteiger charge is 2.18. The molecule has 3 rings (SSSR count). The van der Waals surface area contributed by atoms with Gasteiger partial charge in [0.2, 0.25) is 0 Å². The number of hydrogen-bond donors (Lipinski definition) is 1. The van der Waals surface area contributed by atoms with Crippen LogP contribution in [0.15, 0.2) is 24.3 Å². The number of aromatic nitrogens is 1. The Morgan fingerprint density at radius 2 is 2.00 bits per heavy atom. The predicted octanol–water partition coefficient (Wildman–Crippen LogP) is 4.03. The molecule has 1 aromatic carbocycles. The van der Waals surface area contributed by atoms with Gasteiger partial charge in [0.1, 0.15) is 0 Å². The fourth-order valence-corrected chi connectivity index (χ4v) is 2.83. The molecule has 2 aromatic rings. The minimum absolute atomic E-state index is 0.135. The van der Waals surface area contributed by atoms with Gasteiger partial charge in [-0.15, -0.1) is 0 Å². The fourth-order valence-electron chi connectivity index (χ4n) is 2.83. The fraction of sp³-hybridized carbons (Fsp3) is 0.400. The van der Waals surface area contributed by atoms with Crippen molar-refractivity contribution >= 4 is 16.7 Å². The lowest BCUT2D eigenvalue weighted by molar-refractivity contribution is 0.101. The van der Waals surface area contributed by atoms with Gasteiger partial charge in [0, 0.05) is 22.2 Å². The van der Waals surface area contributed by atoms with E-state index >= 15 is 0 Å². The van der Waals surface area contributed by atoms with Crippen LogP contribution in [0.3, 0.4) is 0 Å². The first-order valence-corrected chi connectivity index (χ1v) is 6.37. The van der Waals surface area contributed by atoms with Gasteiger partial charge in [-0.25, -0.2) is 0 Å². The molecule has 88 valence electrons. The first-order valence-electron chi connectivity index (χ1n) is 6.37. The number of carbonyl (C=O) groups is 1. The van der Waals surface area contributed by atoms with Crippen molar-refractivity contribution in [3.8, 4) is 0 Å². The highest BCUT2D eigenvalue weighted by atomic mass is 16.1. The lowest BCUT2D eigenvalue weighted by Gasteiger charge is -2.04. The van der Waals surface area contributed by atoms with Crippen molar-refractivity contribution in [2.45, 2.75) is 38.5 Å². The van der Waals surface area contributed by atoms with Crippen LogP contribution in [0.25, 0.3) is 10.9 Å². The number of aromatic amines is 1. The molecule has 1 N–H and O–H groups in total. The molecule has 1 aliphatic carbocycles. The monoisotopic (exact) mass is 227 g/mol. The Bertz CT molecular complexity index is 561. The van der Waals surface area contributed by atoms with Crippen molar-refractivity contribution in [3.63, 3.8) is 0 Å². The zero-order chi connectivity index (χ0) is 11.8. The molecule has 0 unspecified atom stereocenters. The third kappa shape index (κ3) is 1.88. The molecule has 0 amide bonds. The second-order valence-corrected chi connectivity index (χ2v) is 5.06. The molecule has 1 saturated carbocycles. The minimum Gasteiger partial charge on any atom is -0.358 e. The van der Waals surface area contributed by atoms with E-state index < -0.39 is 0 Å². The Balaban J connectivity index is 2.03. The Hall–Kier alpha value is -1.57. The predicted molar refractivity (Wildman–Crippen MR) is 69.5 cm³/mol. The van der Waals surface area contributed by atoms with Crippen molar-refractivity contribution in [1.82, 2.24) is 4.98 Å². The second-order valence-electron chi connectivity index (χ2n) is 5.06. The number of carbonyl (C=O) groups excluding carboxylic acids is 1. The average molecular weight is 227 g/mol. The van der Waals surface area contributed by atoms with Gasteiger partial charge in [-0.05, 0) is 49.9 Å². The second kappa shape index (κ2) is 4.02. The van der Waals surface area contributed by atoms with Gasteiger partial charge in [-0.3, -0.25) is 4.79 Å². The van der Waals surface area contributed by atoms with Crippen molar-refractivity contribution < 1.29 is 4.79 Å². The van der Waals surface area contributed by atoms with E-state index in [1.54, 1.807) is 6.92 Å². The molecular formula is C15H17NO. The van der Waals surface area contributed by atoms with Crippen molar-refractivity contribution in [1.29, 1.82) is 0 Å². The Labute approximate surface area is 101 Å². The van der Waals surface area contributed by atoms with E-state index in [0.29, 0.717) is 5.92 Å². The number of hydrogen-bond acceptors (Lipinski definition) is 1. The summed E-state index contributed by atoms with van der Waals surface area (Å²) >= 11 is 0. The number of fused-ring (bicyclic) bond motifs is 1. The number of nitrogens with one attached hydrogen (secondary N) is 1.